The van der Waals surface area contributed by atoms with E-state index in [0.717, 1.165) is 16.6 Å². The van der Waals surface area contributed by atoms with Crippen molar-refractivity contribution in [3.05, 3.63) is 65.7 Å². The van der Waals surface area contributed by atoms with E-state index < -0.39 is 5.91 Å². The van der Waals surface area contributed by atoms with Gasteiger partial charge < -0.3 is 5.73 Å². The Balaban J connectivity index is 2.05. The van der Waals surface area contributed by atoms with Crippen molar-refractivity contribution in [3.8, 4) is 17.3 Å². The van der Waals surface area contributed by atoms with Crippen molar-refractivity contribution in [1.82, 2.24) is 24.5 Å². The Kier molecular flexibility index (Phi) is 3.69. The zero-order chi connectivity index (χ0) is 18.3. The molecule has 0 saturated heterocycles. The molecule has 4 aromatic rings. The molecule has 0 unspecified atom stereocenters. The highest BCUT2D eigenvalue weighted by atomic mass is 16.1. The molecule has 0 aliphatic carbocycles. The van der Waals surface area contributed by atoms with Crippen molar-refractivity contribution in [2.75, 3.05) is 0 Å². The Bertz CT molecular complexity index is 1130. The van der Waals surface area contributed by atoms with E-state index in [0.29, 0.717) is 23.0 Å². The van der Waals surface area contributed by atoms with Crippen molar-refractivity contribution in [2.24, 2.45) is 5.73 Å². The minimum atomic E-state index is -0.575. The maximum atomic E-state index is 12.1. The van der Waals surface area contributed by atoms with Gasteiger partial charge in [-0.3, -0.25) is 19.3 Å². The highest BCUT2D eigenvalue weighted by Crippen LogP contribution is 2.26. The summed E-state index contributed by atoms with van der Waals surface area (Å²) in [6.45, 7) is 3.71. The van der Waals surface area contributed by atoms with Crippen molar-refractivity contribution in [1.29, 1.82) is 0 Å². The van der Waals surface area contributed by atoms with Crippen LogP contribution in [0.4, 0.5) is 0 Å². The largest absolute Gasteiger partial charge is 0.365 e. The van der Waals surface area contributed by atoms with Crippen LogP contribution in [0, 0.1) is 13.8 Å². The van der Waals surface area contributed by atoms with Gasteiger partial charge in [0.05, 0.1) is 16.7 Å². The van der Waals surface area contributed by atoms with Gasteiger partial charge in [-0.15, -0.1) is 0 Å². The second-order valence-corrected chi connectivity index (χ2v) is 5.96. The van der Waals surface area contributed by atoms with E-state index in [4.69, 9.17) is 5.73 Å². The fourth-order valence-electron chi connectivity index (χ4n) is 3.02. The molecule has 0 radical (unpaired) electrons. The van der Waals surface area contributed by atoms with Gasteiger partial charge in [-0.1, -0.05) is 6.07 Å². The third kappa shape index (κ3) is 2.50. The molecule has 0 atom stereocenters. The summed E-state index contributed by atoms with van der Waals surface area (Å²) < 4.78 is 1.83. The number of aryl methyl sites for hydroxylation is 2. The number of carbonyl (C=O) groups is 1. The molecule has 2 N–H and O–H groups in total. The lowest BCUT2D eigenvalue weighted by Crippen LogP contribution is -2.19. The van der Waals surface area contributed by atoms with Gasteiger partial charge in [-0.2, -0.15) is 0 Å². The molecule has 0 bridgehead atoms. The molecule has 7 heteroatoms. The lowest BCUT2D eigenvalue weighted by atomic mass is 10.2. The highest BCUT2D eigenvalue weighted by molar-refractivity contribution is 5.98. The van der Waals surface area contributed by atoms with Crippen LogP contribution >= 0.6 is 0 Å². The summed E-state index contributed by atoms with van der Waals surface area (Å²) >= 11 is 0. The number of hydrogen-bond acceptors (Lipinski definition) is 5. The maximum absolute atomic E-state index is 12.1. The Morgan fingerprint density at radius 3 is 2.58 bits per heavy atom. The van der Waals surface area contributed by atoms with Gasteiger partial charge in [-0.25, -0.2) is 9.97 Å². The smallest absolute Gasteiger partial charge is 0.254 e. The summed E-state index contributed by atoms with van der Waals surface area (Å²) in [4.78, 5) is 29.9. The van der Waals surface area contributed by atoms with Crippen molar-refractivity contribution < 1.29 is 4.79 Å². The van der Waals surface area contributed by atoms with Crippen molar-refractivity contribution >= 4 is 16.9 Å². The fourth-order valence-corrected chi connectivity index (χ4v) is 3.02. The number of pyridine rings is 2. The van der Waals surface area contributed by atoms with Gasteiger partial charge in [0, 0.05) is 18.6 Å². The van der Waals surface area contributed by atoms with E-state index in [2.05, 4.69) is 19.9 Å². The van der Waals surface area contributed by atoms with Crippen LogP contribution in [0.25, 0.3) is 28.4 Å². The SMILES string of the molecule is Cc1nc(-c2ccccn2)nc(-n2cc(C)c3ncccc32)c1C(N)=O. The van der Waals surface area contributed by atoms with Crippen molar-refractivity contribution in [3.63, 3.8) is 0 Å². The number of nitrogens with zero attached hydrogens (tertiary/aromatic N) is 5. The average molecular weight is 344 g/mol. The van der Waals surface area contributed by atoms with Crippen LogP contribution in [0.1, 0.15) is 21.6 Å². The molecule has 0 aliphatic heterocycles. The van der Waals surface area contributed by atoms with Gasteiger partial charge in [0.25, 0.3) is 5.91 Å². The molecule has 4 heterocycles. The standard InChI is InChI=1S/C19H16N6O/c1-11-10-25(14-7-5-9-22-16(11)14)19-15(17(20)26)12(2)23-18(24-19)13-6-3-4-8-21-13/h3-10H,1-2H3,(H2,20,26). The lowest BCUT2D eigenvalue weighted by molar-refractivity contribution is 0.0999. The first-order chi connectivity index (χ1) is 12.6. The van der Waals surface area contributed by atoms with E-state index >= 15 is 0 Å². The number of fused-ring (bicyclic) bond motifs is 1. The Morgan fingerprint density at radius 2 is 1.85 bits per heavy atom. The normalized spacial score (nSPS) is 11.0. The molecule has 4 aromatic heterocycles. The second kappa shape index (κ2) is 6.03. The number of nitrogens with two attached hydrogens (primary N) is 1. The predicted octanol–water partition coefficient (Wildman–Crippen LogP) is 2.59. The summed E-state index contributed by atoms with van der Waals surface area (Å²) in [6, 6.07) is 9.28. The van der Waals surface area contributed by atoms with Crippen LogP contribution in [0.15, 0.2) is 48.9 Å². The molecule has 1 amide bonds. The van der Waals surface area contributed by atoms with Crippen LogP contribution in [-0.4, -0.2) is 30.4 Å². The Hall–Kier alpha value is -3.61. The van der Waals surface area contributed by atoms with Crippen LogP contribution in [0.2, 0.25) is 0 Å². The van der Waals surface area contributed by atoms with Crippen LogP contribution in [0.3, 0.4) is 0 Å². The first-order valence-corrected chi connectivity index (χ1v) is 8.09. The molecule has 0 saturated carbocycles. The number of carbonyl (C=O) groups excluding carboxylic acids is 1. The maximum Gasteiger partial charge on any atom is 0.254 e. The third-order valence-corrected chi connectivity index (χ3v) is 4.18. The molecule has 0 aromatic carbocycles. The van der Waals surface area contributed by atoms with Gasteiger partial charge in [-0.05, 0) is 43.7 Å². The molecule has 0 aliphatic rings. The molecule has 26 heavy (non-hydrogen) atoms. The molecular formula is C19H16N6O. The minimum Gasteiger partial charge on any atom is -0.365 e. The number of aromatic nitrogens is 5. The molecule has 128 valence electrons. The van der Waals surface area contributed by atoms with E-state index in [1.54, 1.807) is 19.3 Å². The van der Waals surface area contributed by atoms with Gasteiger partial charge in [0.2, 0.25) is 0 Å². The van der Waals surface area contributed by atoms with Crippen LogP contribution in [0.5, 0.6) is 0 Å². The monoisotopic (exact) mass is 344 g/mol. The molecule has 0 spiro atoms. The molecule has 4 rings (SSSR count). The minimum absolute atomic E-state index is 0.283. The quantitative estimate of drug-likeness (QED) is 0.616. The summed E-state index contributed by atoms with van der Waals surface area (Å²) in [5.41, 5.74) is 9.71. The average Bonchev–Trinajstić information content (AvgIpc) is 2.98. The summed E-state index contributed by atoms with van der Waals surface area (Å²) in [5, 5.41) is 0. The van der Waals surface area contributed by atoms with Crippen LogP contribution < -0.4 is 5.73 Å². The van der Waals surface area contributed by atoms with E-state index in [1.807, 2.05) is 48.0 Å². The summed E-state index contributed by atoms with van der Waals surface area (Å²) in [7, 11) is 0. The topological polar surface area (TPSA) is 99.6 Å². The van der Waals surface area contributed by atoms with E-state index in [1.165, 1.54) is 0 Å². The zero-order valence-corrected chi connectivity index (χ0v) is 14.3. The molecule has 7 nitrogen and oxygen atoms in total. The summed E-state index contributed by atoms with van der Waals surface area (Å²) in [6.07, 6.45) is 5.31. The molecular weight excluding hydrogens is 328 g/mol. The second-order valence-electron chi connectivity index (χ2n) is 5.96. The number of primary amides is 1. The van der Waals surface area contributed by atoms with Gasteiger partial charge >= 0.3 is 0 Å². The number of rotatable bonds is 3. The van der Waals surface area contributed by atoms with Crippen molar-refractivity contribution in [2.45, 2.75) is 13.8 Å². The summed E-state index contributed by atoms with van der Waals surface area (Å²) in [5.74, 6) is 0.289. The highest BCUT2D eigenvalue weighted by Gasteiger charge is 2.21. The predicted molar refractivity (Wildman–Crippen MR) is 97.9 cm³/mol. The fraction of sp³-hybridized carbons (Fsp3) is 0.105. The molecule has 0 fully saturated rings. The first kappa shape index (κ1) is 15.9. The Labute approximate surface area is 149 Å². The Morgan fingerprint density at radius 1 is 1.04 bits per heavy atom. The van der Waals surface area contributed by atoms with E-state index in [9.17, 15) is 4.79 Å². The van der Waals surface area contributed by atoms with E-state index in [-0.39, 0.29) is 5.56 Å². The van der Waals surface area contributed by atoms with Crippen LogP contribution in [-0.2, 0) is 0 Å². The number of hydrogen-bond donors (Lipinski definition) is 1. The number of amides is 1. The van der Waals surface area contributed by atoms with Gasteiger partial charge in [0.15, 0.2) is 11.6 Å². The third-order valence-electron chi connectivity index (χ3n) is 4.18. The van der Waals surface area contributed by atoms with Gasteiger partial charge in [0.1, 0.15) is 11.3 Å². The zero-order valence-electron chi connectivity index (χ0n) is 14.3. The first-order valence-electron chi connectivity index (χ1n) is 8.09. The lowest BCUT2D eigenvalue weighted by Gasteiger charge is -2.12.